The molecule has 0 radical (unpaired) electrons. The summed E-state index contributed by atoms with van der Waals surface area (Å²) in [6, 6.07) is 5.99. The molecule has 0 bridgehead atoms. The molecule has 0 saturated carbocycles. The molecule has 1 aromatic carbocycles. The highest BCUT2D eigenvalue weighted by Gasteiger charge is 2.21. The summed E-state index contributed by atoms with van der Waals surface area (Å²) in [4.78, 5) is 26.1. The Morgan fingerprint density at radius 3 is 2.57 bits per heavy atom. The van der Waals surface area contributed by atoms with Crippen LogP contribution in [0.15, 0.2) is 29.8 Å². The fraction of sp³-hybridized carbons (Fsp3) is 0.154. The van der Waals surface area contributed by atoms with Crippen LogP contribution in [0.3, 0.4) is 0 Å². The predicted octanol–water partition coefficient (Wildman–Crippen LogP) is 2.12. The first kappa shape index (κ1) is 17.1. The zero-order valence-corrected chi connectivity index (χ0v) is 13.5. The van der Waals surface area contributed by atoms with Crippen molar-refractivity contribution in [3.05, 3.63) is 35.5 Å². The Balaban J connectivity index is 2.35. The van der Waals surface area contributed by atoms with E-state index in [1.165, 1.54) is 29.8 Å². The fourth-order valence-electron chi connectivity index (χ4n) is 1.73. The molecule has 0 aliphatic heterocycles. The van der Waals surface area contributed by atoms with Gasteiger partial charge < -0.3 is 15.0 Å². The lowest BCUT2D eigenvalue weighted by atomic mass is 10.2. The number of nitrogens with zero attached hydrogens (tertiary/aromatic N) is 2. The van der Waals surface area contributed by atoms with E-state index in [4.69, 9.17) is 5.11 Å². The van der Waals surface area contributed by atoms with Gasteiger partial charge in [0.05, 0.1) is 22.5 Å². The number of hydrogen-bond donors (Lipinski definition) is 2. The quantitative estimate of drug-likeness (QED) is 0.766. The summed E-state index contributed by atoms with van der Waals surface area (Å²) in [5.74, 6) is -1.49. The second kappa shape index (κ2) is 7.31. The van der Waals surface area contributed by atoms with E-state index < -0.39 is 17.2 Å². The van der Waals surface area contributed by atoms with E-state index in [0.717, 1.165) is 15.6 Å². The molecule has 10 heteroatoms. The minimum Gasteiger partial charge on any atom is -0.755 e. The first-order valence-electron chi connectivity index (χ1n) is 6.40. The maximum atomic E-state index is 11.5. The highest BCUT2D eigenvalue weighted by Crippen LogP contribution is 2.33. The minimum atomic E-state index is -2.73. The number of amides is 1. The third-order valence-corrected chi connectivity index (χ3v) is 4.41. The number of aromatic nitrogens is 1. The van der Waals surface area contributed by atoms with Crippen LogP contribution in [0.25, 0.3) is 0 Å². The number of hydrogen-bond acceptors (Lipinski definition) is 6. The molecule has 1 unspecified atom stereocenters. The molecule has 1 amide bonds. The van der Waals surface area contributed by atoms with Gasteiger partial charge in [0, 0.05) is 12.1 Å². The van der Waals surface area contributed by atoms with Gasteiger partial charge in [-0.05, 0) is 24.3 Å². The maximum absolute atomic E-state index is 11.5. The number of carboxylic acids is 1. The lowest BCUT2D eigenvalue weighted by molar-refractivity contribution is -0.115. The van der Waals surface area contributed by atoms with E-state index in [2.05, 4.69) is 10.3 Å². The first-order valence-corrected chi connectivity index (χ1v) is 8.31. The van der Waals surface area contributed by atoms with Crippen LogP contribution in [0, 0.1) is 0 Å². The molecule has 2 aromatic rings. The summed E-state index contributed by atoms with van der Waals surface area (Å²) in [5.41, 5.74) is 1.66. The van der Waals surface area contributed by atoms with Crippen LogP contribution in [0.4, 0.5) is 16.4 Å². The minimum absolute atomic E-state index is 0.0174. The Hall–Kier alpha value is -2.30. The van der Waals surface area contributed by atoms with Crippen molar-refractivity contribution in [2.75, 3.05) is 9.62 Å². The lowest BCUT2D eigenvalue weighted by Crippen LogP contribution is -2.21. The molecular weight excluding hydrogens is 342 g/mol. The Labute approximate surface area is 138 Å². The summed E-state index contributed by atoms with van der Waals surface area (Å²) in [7, 11) is 0. The number of nitrogens with one attached hydrogen (secondary N) is 1. The van der Waals surface area contributed by atoms with Crippen LogP contribution in [-0.2, 0) is 16.1 Å². The summed E-state index contributed by atoms with van der Waals surface area (Å²) in [5, 5.41) is 11.7. The molecule has 8 nitrogen and oxygen atoms in total. The second-order valence-corrected chi connectivity index (χ2v) is 5.90. The van der Waals surface area contributed by atoms with Gasteiger partial charge in [0.1, 0.15) is 5.00 Å². The molecule has 2 rings (SSSR count). The monoisotopic (exact) mass is 354 g/mol. The number of thiazole rings is 1. The van der Waals surface area contributed by atoms with Crippen molar-refractivity contribution < 1.29 is 23.5 Å². The number of benzene rings is 1. The number of carbonyl (C=O) groups is 2. The largest absolute Gasteiger partial charge is 0.755 e. The summed E-state index contributed by atoms with van der Waals surface area (Å²) in [6.45, 7) is 1.71. The van der Waals surface area contributed by atoms with Gasteiger partial charge in [0.15, 0.2) is 5.69 Å². The number of aromatic carboxylic acids is 1. The predicted molar refractivity (Wildman–Crippen MR) is 85.5 cm³/mol. The van der Waals surface area contributed by atoms with E-state index >= 15 is 0 Å². The van der Waals surface area contributed by atoms with Crippen molar-refractivity contribution in [2.45, 2.75) is 13.3 Å². The van der Waals surface area contributed by atoms with E-state index in [0.29, 0.717) is 12.1 Å². The molecular formula is C13H12N3O5S2-. The van der Waals surface area contributed by atoms with Crippen LogP contribution in [0.5, 0.6) is 0 Å². The van der Waals surface area contributed by atoms with Gasteiger partial charge in [-0.3, -0.25) is 13.3 Å². The SMILES string of the molecule is CCC(=O)Nc1ccc(N(c2scnc2C(=O)O)S(=O)[O-])cc1. The lowest BCUT2D eigenvalue weighted by Gasteiger charge is -2.25. The molecule has 0 saturated heterocycles. The van der Waals surface area contributed by atoms with E-state index in [-0.39, 0.29) is 22.3 Å². The average molecular weight is 354 g/mol. The molecule has 0 spiro atoms. The van der Waals surface area contributed by atoms with Crippen molar-refractivity contribution in [3.8, 4) is 0 Å². The molecule has 0 aliphatic rings. The third kappa shape index (κ3) is 3.92. The van der Waals surface area contributed by atoms with Gasteiger partial charge in [-0.25, -0.2) is 9.78 Å². The molecule has 0 aliphatic carbocycles. The van der Waals surface area contributed by atoms with Crippen LogP contribution >= 0.6 is 11.3 Å². The van der Waals surface area contributed by atoms with E-state index in [1.54, 1.807) is 6.92 Å². The van der Waals surface area contributed by atoms with Gasteiger partial charge in [0.25, 0.3) is 0 Å². The number of anilines is 3. The van der Waals surface area contributed by atoms with Crippen molar-refractivity contribution >= 4 is 50.9 Å². The zero-order chi connectivity index (χ0) is 17.0. The van der Waals surface area contributed by atoms with Crippen molar-refractivity contribution in [1.29, 1.82) is 0 Å². The van der Waals surface area contributed by atoms with Crippen LogP contribution in [-0.4, -0.2) is 30.7 Å². The summed E-state index contributed by atoms with van der Waals surface area (Å²) in [6.07, 6.45) is 0.321. The van der Waals surface area contributed by atoms with Crippen LogP contribution < -0.4 is 9.62 Å². The fourth-order valence-corrected chi connectivity index (χ4v) is 3.27. The normalized spacial score (nSPS) is 11.7. The van der Waals surface area contributed by atoms with Crippen molar-refractivity contribution in [1.82, 2.24) is 4.98 Å². The molecule has 23 heavy (non-hydrogen) atoms. The highest BCUT2D eigenvalue weighted by atomic mass is 32.2. The summed E-state index contributed by atoms with van der Waals surface area (Å²) >= 11 is -1.83. The second-order valence-electron chi connectivity index (χ2n) is 4.27. The van der Waals surface area contributed by atoms with Crippen molar-refractivity contribution in [2.24, 2.45) is 0 Å². The molecule has 2 N–H and O–H groups in total. The number of carbonyl (C=O) groups excluding carboxylic acids is 1. The molecule has 0 fully saturated rings. The first-order chi connectivity index (χ1) is 10.9. The Morgan fingerprint density at radius 1 is 1.39 bits per heavy atom. The summed E-state index contributed by atoms with van der Waals surface area (Å²) < 4.78 is 23.9. The number of carboxylic acid groups (broad SMARTS) is 1. The van der Waals surface area contributed by atoms with Gasteiger partial charge in [0.2, 0.25) is 5.91 Å². The van der Waals surface area contributed by atoms with Gasteiger partial charge in [-0.1, -0.05) is 6.92 Å². The van der Waals surface area contributed by atoms with E-state index in [1.807, 2.05) is 0 Å². The topological polar surface area (TPSA) is 123 Å². The molecule has 122 valence electrons. The molecule has 1 heterocycles. The highest BCUT2D eigenvalue weighted by molar-refractivity contribution is 7.81. The van der Waals surface area contributed by atoms with E-state index in [9.17, 15) is 18.4 Å². The third-order valence-electron chi connectivity index (χ3n) is 2.79. The van der Waals surface area contributed by atoms with Gasteiger partial charge >= 0.3 is 5.97 Å². The molecule has 1 aromatic heterocycles. The zero-order valence-electron chi connectivity index (χ0n) is 11.9. The van der Waals surface area contributed by atoms with Gasteiger partial charge in [-0.15, -0.1) is 11.3 Å². The smallest absolute Gasteiger partial charge is 0.357 e. The van der Waals surface area contributed by atoms with Crippen LogP contribution in [0.1, 0.15) is 23.8 Å². The van der Waals surface area contributed by atoms with Gasteiger partial charge in [-0.2, -0.15) is 0 Å². The van der Waals surface area contributed by atoms with Crippen molar-refractivity contribution in [3.63, 3.8) is 0 Å². The average Bonchev–Trinajstić information content (AvgIpc) is 2.98. The Morgan fingerprint density at radius 2 is 2.04 bits per heavy atom. The maximum Gasteiger partial charge on any atom is 0.357 e. The Kier molecular flexibility index (Phi) is 5.42. The van der Waals surface area contributed by atoms with Crippen LogP contribution in [0.2, 0.25) is 0 Å². The molecule has 1 atom stereocenters. The standard InChI is InChI=1S/C13H13N3O5S2/c1-2-10(17)15-8-3-5-9(6-4-8)16(23(20)21)12-11(13(18)19)14-7-22-12/h3-7H,2H2,1H3,(H,15,17)(H,18,19)(H,20,21)/p-1. The number of rotatable bonds is 6. The Bertz CT molecular complexity index is 744.